The van der Waals surface area contributed by atoms with Crippen molar-refractivity contribution in [1.82, 2.24) is 0 Å². The summed E-state index contributed by atoms with van der Waals surface area (Å²) in [4.78, 5) is 11.4. The van der Waals surface area contributed by atoms with Crippen LogP contribution in [0, 0.1) is 0 Å². The number of carbonyl (C=O) groups is 1. The number of esters is 1. The van der Waals surface area contributed by atoms with Gasteiger partial charge in [-0.3, -0.25) is 4.79 Å². The van der Waals surface area contributed by atoms with Gasteiger partial charge in [-0.25, -0.2) is 0 Å². The largest absolute Gasteiger partial charge is 0.465 e. The van der Waals surface area contributed by atoms with Crippen LogP contribution in [-0.2, 0) is 9.53 Å². The highest BCUT2D eigenvalue weighted by Crippen LogP contribution is 2.28. The van der Waals surface area contributed by atoms with Crippen LogP contribution >= 0.6 is 27.5 Å². The van der Waals surface area contributed by atoms with Gasteiger partial charge >= 0.3 is 5.97 Å². The smallest absolute Gasteiger partial charge is 0.325 e. The van der Waals surface area contributed by atoms with Crippen LogP contribution < -0.4 is 5.73 Å². The molecule has 0 aliphatic rings. The molecule has 0 fully saturated rings. The third kappa shape index (κ3) is 3.67. The van der Waals surface area contributed by atoms with Crippen molar-refractivity contribution in [3.05, 3.63) is 33.3 Å². The third-order valence-electron chi connectivity index (χ3n) is 2.18. The number of ether oxygens (including phenoxy) is 1. The van der Waals surface area contributed by atoms with Gasteiger partial charge in [0.15, 0.2) is 0 Å². The molecule has 1 rings (SSSR count). The average molecular weight is 323 g/mol. The fourth-order valence-corrected chi connectivity index (χ4v) is 1.91. The maximum Gasteiger partial charge on any atom is 0.325 e. The number of benzene rings is 1. The summed E-state index contributed by atoms with van der Waals surface area (Å²) in [5, 5.41) is 10.3. The van der Waals surface area contributed by atoms with Crippen LogP contribution in [0.4, 0.5) is 0 Å². The number of hydrogen-bond acceptors (Lipinski definition) is 4. The minimum Gasteiger partial charge on any atom is -0.465 e. The van der Waals surface area contributed by atoms with Crippen LogP contribution in [0.3, 0.4) is 0 Å². The Morgan fingerprint density at radius 3 is 2.88 bits per heavy atom. The molecule has 0 aliphatic heterocycles. The molecule has 0 saturated heterocycles. The van der Waals surface area contributed by atoms with E-state index in [1.54, 1.807) is 25.1 Å². The standard InChI is InChI=1S/C11H13BrClNO3/c1-2-17-11(16)9(14)10(15)7-5-6(12)3-4-8(7)13/h3-5,9-10,15H,2,14H2,1H3. The summed E-state index contributed by atoms with van der Waals surface area (Å²) in [7, 11) is 0. The van der Waals surface area contributed by atoms with Crippen LogP contribution in [0.25, 0.3) is 0 Å². The Labute approximate surface area is 113 Å². The van der Waals surface area contributed by atoms with E-state index in [2.05, 4.69) is 15.9 Å². The first-order chi connectivity index (χ1) is 7.97. The lowest BCUT2D eigenvalue weighted by Gasteiger charge is -2.18. The number of carbonyl (C=O) groups excluding carboxylic acids is 1. The normalized spacial score (nSPS) is 14.2. The van der Waals surface area contributed by atoms with Crippen molar-refractivity contribution < 1.29 is 14.6 Å². The minimum absolute atomic E-state index is 0.214. The number of halogens is 2. The second-order valence-electron chi connectivity index (χ2n) is 3.39. The molecule has 0 heterocycles. The van der Waals surface area contributed by atoms with E-state index in [1.807, 2.05) is 0 Å². The van der Waals surface area contributed by atoms with E-state index in [0.29, 0.717) is 10.6 Å². The Hall–Kier alpha value is -0.620. The molecule has 0 aliphatic carbocycles. The predicted molar refractivity (Wildman–Crippen MR) is 68.7 cm³/mol. The van der Waals surface area contributed by atoms with Crippen LogP contribution in [0.1, 0.15) is 18.6 Å². The SMILES string of the molecule is CCOC(=O)C(N)C(O)c1cc(Br)ccc1Cl. The van der Waals surface area contributed by atoms with Gasteiger partial charge in [0, 0.05) is 15.1 Å². The summed E-state index contributed by atoms with van der Waals surface area (Å²) in [5.74, 6) is -0.656. The summed E-state index contributed by atoms with van der Waals surface area (Å²) < 4.78 is 5.48. The zero-order chi connectivity index (χ0) is 13.0. The molecule has 0 aromatic heterocycles. The molecule has 0 bridgehead atoms. The van der Waals surface area contributed by atoms with Gasteiger partial charge in [-0.15, -0.1) is 0 Å². The molecular formula is C11H13BrClNO3. The van der Waals surface area contributed by atoms with Gasteiger partial charge < -0.3 is 15.6 Å². The fraction of sp³-hybridized carbons (Fsp3) is 0.364. The molecule has 1 aromatic carbocycles. The topological polar surface area (TPSA) is 72.5 Å². The molecule has 0 spiro atoms. The van der Waals surface area contributed by atoms with Gasteiger partial charge in [0.25, 0.3) is 0 Å². The zero-order valence-corrected chi connectivity index (χ0v) is 11.5. The molecule has 0 saturated carbocycles. The van der Waals surface area contributed by atoms with E-state index in [0.717, 1.165) is 4.47 Å². The van der Waals surface area contributed by atoms with Crippen LogP contribution in [0.2, 0.25) is 5.02 Å². The first-order valence-electron chi connectivity index (χ1n) is 5.02. The zero-order valence-electron chi connectivity index (χ0n) is 9.19. The second kappa shape index (κ2) is 6.35. The molecule has 94 valence electrons. The average Bonchev–Trinajstić information content (AvgIpc) is 2.30. The number of nitrogens with two attached hydrogens (primary N) is 1. The van der Waals surface area contributed by atoms with E-state index >= 15 is 0 Å². The molecule has 1 aromatic rings. The quantitative estimate of drug-likeness (QED) is 0.832. The molecule has 6 heteroatoms. The lowest BCUT2D eigenvalue weighted by molar-refractivity contribution is -0.147. The molecule has 0 radical (unpaired) electrons. The van der Waals surface area contributed by atoms with Crippen LogP contribution in [0.15, 0.2) is 22.7 Å². The van der Waals surface area contributed by atoms with Crippen LogP contribution in [0.5, 0.6) is 0 Å². The molecule has 17 heavy (non-hydrogen) atoms. The summed E-state index contributed by atoms with van der Waals surface area (Å²) in [6.07, 6.45) is -1.20. The Morgan fingerprint density at radius 2 is 2.29 bits per heavy atom. The molecule has 2 atom stereocenters. The van der Waals surface area contributed by atoms with E-state index in [9.17, 15) is 9.90 Å². The number of aliphatic hydroxyl groups is 1. The van der Waals surface area contributed by atoms with Gasteiger partial charge in [-0.1, -0.05) is 27.5 Å². The lowest BCUT2D eigenvalue weighted by atomic mass is 10.0. The second-order valence-corrected chi connectivity index (χ2v) is 4.71. The Balaban J connectivity index is 2.91. The summed E-state index contributed by atoms with van der Waals surface area (Å²) in [5.41, 5.74) is 5.99. The Kier molecular flexibility index (Phi) is 5.39. The summed E-state index contributed by atoms with van der Waals surface area (Å²) >= 11 is 9.18. The number of aliphatic hydroxyl groups excluding tert-OH is 1. The highest BCUT2D eigenvalue weighted by molar-refractivity contribution is 9.10. The molecule has 0 amide bonds. The lowest BCUT2D eigenvalue weighted by Crippen LogP contribution is -2.38. The summed E-state index contributed by atoms with van der Waals surface area (Å²) in [6.45, 7) is 1.88. The predicted octanol–water partition coefficient (Wildman–Crippen LogP) is 2.03. The Bertz CT molecular complexity index is 414. The van der Waals surface area contributed by atoms with Crippen LogP contribution in [-0.4, -0.2) is 23.7 Å². The number of hydrogen-bond donors (Lipinski definition) is 2. The molecular weight excluding hydrogens is 309 g/mol. The van der Waals surface area contributed by atoms with E-state index in [1.165, 1.54) is 0 Å². The van der Waals surface area contributed by atoms with Gasteiger partial charge in [0.2, 0.25) is 0 Å². The number of rotatable bonds is 4. The monoisotopic (exact) mass is 321 g/mol. The van der Waals surface area contributed by atoms with Gasteiger partial charge in [-0.2, -0.15) is 0 Å². The van der Waals surface area contributed by atoms with Gasteiger partial charge in [0.05, 0.1) is 6.61 Å². The maximum absolute atomic E-state index is 11.4. The molecule has 3 N–H and O–H groups in total. The van der Waals surface area contributed by atoms with E-state index in [4.69, 9.17) is 22.1 Å². The molecule has 2 unspecified atom stereocenters. The highest BCUT2D eigenvalue weighted by Gasteiger charge is 2.27. The third-order valence-corrected chi connectivity index (χ3v) is 3.01. The molecule has 4 nitrogen and oxygen atoms in total. The van der Waals surface area contributed by atoms with Crippen molar-refractivity contribution in [2.45, 2.75) is 19.1 Å². The van der Waals surface area contributed by atoms with Crippen molar-refractivity contribution in [3.63, 3.8) is 0 Å². The van der Waals surface area contributed by atoms with Gasteiger partial charge in [0.1, 0.15) is 12.1 Å². The van der Waals surface area contributed by atoms with E-state index in [-0.39, 0.29) is 6.61 Å². The van der Waals surface area contributed by atoms with Crippen molar-refractivity contribution in [2.75, 3.05) is 6.61 Å². The summed E-state index contributed by atoms with van der Waals surface area (Å²) in [6, 6.07) is 3.81. The van der Waals surface area contributed by atoms with Crippen molar-refractivity contribution in [2.24, 2.45) is 5.73 Å². The van der Waals surface area contributed by atoms with Gasteiger partial charge in [-0.05, 0) is 25.1 Å². The van der Waals surface area contributed by atoms with Crippen molar-refractivity contribution >= 4 is 33.5 Å². The minimum atomic E-state index is -1.20. The highest BCUT2D eigenvalue weighted by atomic mass is 79.9. The van der Waals surface area contributed by atoms with Crippen molar-refractivity contribution in [1.29, 1.82) is 0 Å². The maximum atomic E-state index is 11.4. The first-order valence-corrected chi connectivity index (χ1v) is 6.19. The van der Waals surface area contributed by atoms with E-state index < -0.39 is 18.1 Å². The fourth-order valence-electron chi connectivity index (χ4n) is 1.30. The Morgan fingerprint density at radius 1 is 1.65 bits per heavy atom. The van der Waals surface area contributed by atoms with Crippen molar-refractivity contribution in [3.8, 4) is 0 Å². The first kappa shape index (κ1) is 14.4.